The number of aromatic nitrogens is 1. The van der Waals surface area contributed by atoms with Crippen molar-refractivity contribution in [1.82, 2.24) is 15.2 Å². The predicted molar refractivity (Wildman–Crippen MR) is 210 cm³/mol. The van der Waals surface area contributed by atoms with Crippen LogP contribution in [-0.2, 0) is 0 Å². The molecule has 0 saturated heterocycles. The van der Waals surface area contributed by atoms with Gasteiger partial charge >= 0.3 is 0 Å². The van der Waals surface area contributed by atoms with Crippen LogP contribution in [0.5, 0.6) is 0 Å². The van der Waals surface area contributed by atoms with E-state index in [4.69, 9.17) is 4.99 Å². The summed E-state index contributed by atoms with van der Waals surface area (Å²) in [6, 6.07) is 60.9. The van der Waals surface area contributed by atoms with Crippen molar-refractivity contribution in [2.24, 2.45) is 4.99 Å². The first-order valence-electron chi connectivity index (χ1n) is 17.0. The number of nitrogens with zero attached hydrogens (tertiary/aromatic N) is 2. The molecular weight excluding hydrogens is 629 g/mol. The Morgan fingerprint density at radius 1 is 0.480 bits per heavy atom. The Hall–Kier alpha value is -6.01. The summed E-state index contributed by atoms with van der Waals surface area (Å²) in [7, 11) is 0. The lowest BCUT2D eigenvalue weighted by atomic mass is 10.0. The van der Waals surface area contributed by atoms with E-state index in [-0.39, 0.29) is 12.3 Å². The fourth-order valence-electron chi connectivity index (χ4n) is 7.47. The van der Waals surface area contributed by atoms with E-state index in [1.165, 1.54) is 53.1 Å². The smallest absolute Gasteiger partial charge is 0.131 e. The Morgan fingerprint density at radius 2 is 1.18 bits per heavy atom. The quantitative estimate of drug-likeness (QED) is 0.193. The molecule has 2 atom stereocenters. The van der Waals surface area contributed by atoms with Crippen LogP contribution >= 0.6 is 11.3 Å². The molecule has 0 fully saturated rings. The molecule has 0 aliphatic carbocycles. The fraction of sp³-hybridized carbons (Fsp3) is 0.0444. The zero-order valence-electron chi connectivity index (χ0n) is 27.1. The molecule has 7 aromatic carbocycles. The summed E-state index contributed by atoms with van der Waals surface area (Å²) in [5.74, 6) is 0.870. The number of thiophene rings is 1. The van der Waals surface area contributed by atoms with E-state index in [0.717, 1.165) is 28.2 Å². The molecule has 2 unspecified atom stereocenters. The zero-order valence-corrected chi connectivity index (χ0v) is 27.9. The van der Waals surface area contributed by atoms with Crippen molar-refractivity contribution < 1.29 is 0 Å². The summed E-state index contributed by atoms with van der Waals surface area (Å²) in [5, 5.41) is 12.7. The lowest BCUT2D eigenvalue weighted by Gasteiger charge is -2.32. The molecule has 4 nitrogen and oxygen atoms in total. The van der Waals surface area contributed by atoms with Crippen LogP contribution in [0, 0.1) is 0 Å². The highest BCUT2D eigenvalue weighted by molar-refractivity contribution is 7.25. The molecule has 5 heteroatoms. The number of nitrogens with one attached hydrogen (secondary N) is 2. The number of hydrogen-bond acceptors (Lipinski definition) is 4. The number of fused-ring (bicyclic) bond motifs is 6. The number of benzene rings is 7. The van der Waals surface area contributed by atoms with E-state index < -0.39 is 0 Å². The molecule has 3 heterocycles. The molecule has 0 amide bonds. The van der Waals surface area contributed by atoms with E-state index in [1.54, 1.807) is 0 Å². The number of amidine groups is 1. The minimum atomic E-state index is -0.265. The standard InChI is InChI=1S/C45H32N4S/c1-3-13-29(14-4-1)31-17-11-18-32(25-31)44-46-43(30-15-5-2-6-16-30)47-45(48-44)33-19-12-20-34(26-33)49-39-23-9-7-21-35(39)37-27-38-36-22-8-10-24-41(36)50-42(38)28-40(37)49/h1-28,43,45,47H,(H,46,48). The van der Waals surface area contributed by atoms with Crippen molar-refractivity contribution in [3.8, 4) is 16.8 Å². The summed E-state index contributed by atoms with van der Waals surface area (Å²) >= 11 is 1.86. The van der Waals surface area contributed by atoms with Gasteiger partial charge in [0.15, 0.2) is 0 Å². The second-order valence-electron chi connectivity index (χ2n) is 12.9. The van der Waals surface area contributed by atoms with E-state index in [9.17, 15) is 0 Å². The summed E-state index contributed by atoms with van der Waals surface area (Å²) < 4.78 is 5.04. The van der Waals surface area contributed by atoms with Gasteiger partial charge in [0.05, 0.1) is 11.0 Å². The van der Waals surface area contributed by atoms with E-state index in [1.807, 2.05) is 11.3 Å². The normalized spacial score (nSPS) is 16.2. The van der Waals surface area contributed by atoms with Crippen LogP contribution in [0.15, 0.2) is 175 Å². The van der Waals surface area contributed by atoms with Gasteiger partial charge in [0.1, 0.15) is 18.2 Å². The molecule has 0 radical (unpaired) electrons. The van der Waals surface area contributed by atoms with Crippen molar-refractivity contribution in [2.75, 3.05) is 0 Å². The third-order valence-electron chi connectivity index (χ3n) is 9.86. The summed E-state index contributed by atoms with van der Waals surface area (Å²) in [5.41, 5.74) is 9.21. The Kier molecular flexibility index (Phi) is 6.86. The Bertz CT molecular complexity index is 2720. The first kappa shape index (κ1) is 29.0. The van der Waals surface area contributed by atoms with E-state index in [2.05, 4.69) is 185 Å². The van der Waals surface area contributed by atoms with Crippen LogP contribution in [0.4, 0.5) is 0 Å². The summed E-state index contributed by atoms with van der Waals surface area (Å²) in [4.78, 5) is 5.33. The van der Waals surface area contributed by atoms with Gasteiger partial charge in [-0.05, 0) is 64.7 Å². The zero-order chi connectivity index (χ0) is 33.0. The lowest BCUT2D eigenvalue weighted by Crippen LogP contribution is -2.45. The maximum Gasteiger partial charge on any atom is 0.131 e. The number of aliphatic imine (C=N–C) groups is 1. The largest absolute Gasteiger partial charge is 0.350 e. The van der Waals surface area contributed by atoms with Gasteiger partial charge in [-0.25, -0.2) is 4.99 Å². The third kappa shape index (κ3) is 4.90. The molecule has 10 rings (SSSR count). The van der Waals surface area contributed by atoms with Crippen LogP contribution in [-0.4, -0.2) is 10.4 Å². The molecule has 0 bridgehead atoms. The molecule has 1 aliphatic heterocycles. The van der Waals surface area contributed by atoms with Crippen LogP contribution in [0.2, 0.25) is 0 Å². The monoisotopic (exact) mass is 660 g/mol. The molecule has 1 aliphatic rings. The van der Waals surface area contributed by atoms with Crippen LogP contribution < -0.4 is 10.6 Å². The Labute approximate surface area is 294 Å². The fourth-order valence-corrected chi connectivity index (χ4v) is 8.59. The predicted octanol–water partition coefficient (Wildman–Crippen LogP) is 11.2. The number of hydrogen-bond donors (Lipinski definition) is 2. The van der Waals surface area contributed by atoms with E-state index in [0.29, 0.717) is 0 Å². The van der Waals surface area contributed by atoms with Crippen molar-refractivity contribution in [3.63, 3.8) is 0 Å². The highest BCUT2D eigenvalue weighted by atomic mass is 32.1. The van der Waals surface area contributed by atoms with Gasteiger partial charge in [-0.2, -0.15) is 0 Å². The molecule has 0 saturated carbocycles. The molecule has 0 spiro atoms. The van der Waals surface area contributed by atoms with Crippen molar-refractivity contribution in [2.45, 2.75) is 12.3 Å². The first-order valence-corrected chi connectivity index (χ1v) is 17.8. The average molecular weight is 661 g/mol. The number of para-hydroxylation sites is 1. The van der Waals surface area contributed by atoms with Crippen molar-refractivity contribution in [1.29, 1.82) is 0 Å². The summed E-state index contributed by atoms with van der Waals surface area (Å²) in [6.07, 6.45) is -0.383. The van der Waals surface area contributed by atoms with Gasteiger partial charge in [-0.1, -0.05) is 127 Å². The maximum absolute atomic E-state index is 5.33. The van der Waals surface area contributed by atoms with Gasteiger partial charge in [-0.3, -0.25) is 5.32 Å². The molecular formula is C45H32N4S. The van der Waals surface area contributed by atoms with Gasteiger partial charge < -0.3 is 9.88 Å². The molecule has 2 aromatic heterocycles. The van der Waals surface area contributed by atoms with Crippen molar-refractivity contribution in [3.05, 3.63) is 187 Å². The van der Waals surface area contributed by atoms with Crippen LogP contribution in [0.1, 0.15) is 29.0 Å². The average Bonchev–Trinajstić information content (AvgIpc) is 3.72. The van der Waals surface area contributed by atoms with Crippen molar-refractivity contribution >= 4 is 59.2 Å². The van der Waals surface area contributed by atoms with Gasteiger partial charge in [0.25, 0.3) is 0 Å². The number of rotatable bonds is 5. The lowest BCUT2D eigenvalue weighted by molar-refractivity contribution is 0.409. The Balaban J connectivity index is 1.11. The maximum atomic E-state index is 5.33. The molecule has 238 valence electrons. The van der Waals surface area contributed by atoms with E-state index >= 15 is 0 Å². The highest BCUT2D eigenvalue weighted by Crippen LogP contribution is 2.41. The molecule has 2 N–H and O–H groups in total. The van der Waals surface area contributed by atoms with Gasteiger partial charge in [0, 0.05) is 42.2 Å². The molecule has 9 aromatic rings. The van der Waals surface area contributed by atoms with Crippen LogP contribution in [0.25, 0.3) is 58.8 Å². The second kappa shape index (κ2) is 11.8. The topological polar surface area (TPSA) is 41.4 Å². The van der Waals surface area contributed by atoms with Crippen LogP contribution in [0.3, 0.4) is 0 Å². The minimum Gasteiger partial charge on any atom is -0.350 e. The van der Waals surface area contributed by atoms with Gasteiger partial charge in [0.2, 0.25) is 0 Å². The SMILES string of the molecule is c1ccc(-c2cccc(C3=NC(c4cccc(-n5c6ccccc6c6cc7c(cc65)sc5ccccc57)c4)NC(c4ccccc4)N3)c2)cc1. The minimum absolute atomic E-state index is 0.118. The first-order chi connectivity index (χ1) is 24.8. The third-order valence-corrected chi connectivity index (χ3v) is 11.0. The highest BCUT2D eigenvalue weighted by Gasteiger charge is 2.26. The molecule has 50 heavy (non-hydrogen) atoms. The second-order valence-corrected chi connectivity index (χ2v) is 14.0. The summed E-state index contributed by atoms with van der Waals surface area (Å²) in [6.45, 7) is 0. The van der Waals surface area contributed by atoms with Gasteiger partial charge in [-0.15, -0.1) is 11.3 Å². The Morgan fingerprint density at radius 3 is 2.06 bits per heavy atom.